The van der Waals surface area contributed by atoms with Gasteiger partial charge in [-0.25, -0.2) is 0 Å². The summed E-state index contributed by atoms with van der Waals surface area (Å²) in [7, 11) is 0. The number of amides is 2. The van der Waals surface area contributed by atoms with Crippen molar-refractivity contribution in [1.82, 2.24) is 14.8 Å². The summed E-state index contributed by atoms with van der Waals surface area (Å²) in [6.07, 6.45) is 6.45. The Bertz CT molecular complexity index is 1160. The van der Waals surface area contributed by atoms with Crippen molar-refractivity contribution in [2.45, 2.75) is 39.0 Å². The van der Waals surface area contributed by atoms with E-state index in [0.29, 0.717) is 19.0 Å². The topological polar surface area (TPSA) is 53.5 Å². The summed E-state index contributed by atoms with van der Waals surface area (Å²) >= 11 is 0. The van der Waals surface area contributed by atoms with Crippen LogP contribution in [0, 0.1) is 11.3 Å². The van der Waals surface area contributed by atoms with Crippen LogP contribution in [0.2, 0.25) is 0 Å². The van der Waals surface area contributed by atoms with Gasteiger partial charge in [-0.3, -0.25) is 14.6 Å². The molecule has 2 fully saturated rings. The van der Waals surface area contributed by atoms with Gasteiger partial charge in [0.25, 0.3) is 5.91 Å². The first-order valence-electron chi connectivity index (χ1n) is 12.5. The van der Waals surface area contributed by atoms with Gasteiger partial charge in [0.15, 0.2) is 0 Å². The van der Waals surface area contributed by atoms with Crippen molar-refractivity contribution in [1.29, 1.82) is 0 Å². The van der Waals surface area contributed by atoms with E-state index in [4.69, 9.17) is 0 Å². The zero-order valence-corrected chi connectivity index (χ0v) is 20.0. The molecule has 5 nitrogen and oxygen atoms in total. The summed E-state index contributed by atoms with van der Waals surface area (Å²) in [5.41, 5.74) is 2.75. The number of hydrogen-bond donors (Lipinski definition) is 0. The summed E-state index contributed by atoms with van der Waals surface area (Å²) in [6.45, 7) is 5.04. The number of carbonyl (C=O) groups excluding carboxylic acids is 2. The zero-order valence-electron chi connectivity index (χ0n) is 20.0. The highest BCUT2D eigenvalue weighted by atomic mass is 16.2. The van der Waals surface area contributed by atoms with Gasteiger partial charge in [-0.05, 0) is 73.9 Å². The number of aromatic nitrogens is 1. The van der Waals surface area contributed by atoms with Crippen LogP contribution in [0.3, 0.4) is 0 Å². The van der Waals surface area contributed by atoms with Crippen LogP contribution in [0.1, 0.15) is 48.5 Å². The zero-order chi connectivity index (χ0) is 23.5. The van der Waals surface area contributed by atoms with E-state index in [1.165, 1.54) is 10.9 Å². The van der Waals surface area contributed by atoms with E-state index in [-0.39, 0.29) is 17.2 Å². The number of hydrogen-bond acceptors (Lipinski definition) is 3. The van der Waals surface area contributed by atoms with Crippen molar-refractivity contribution < 1.29 is 9.59 Å². The van der Waals surface area contributed by atoms with Gasteiger partial charge in [0.2, 0.25) is 5.91 Å². The lowest BCUT2D eigenvalue weighted by molar-refractivity contribution is -0.145. The standard InChI is InChI=1S/C29H33N3O2/c1-29(13-18-31(19-14-29)27(33)24-6-3-2-4-7-24)28(34)32-16-11-22(12-17-32)20-23-9-10-26-25(21-23)8-5-15-30-26/h2-10,15,21-22H,11-14,16-20H2,1H3. The average Bonchev–Trinajstić information content (AvgIpc) is 2.89. The largest absolute Gasteiger partial charge is 0.342 e. The first-order valence-corrected chi connectivity index (χ1v) is 12.5. The van der Waals surface area contributed by atoms with E-state index in [1.54, 1.807) is 0 Å². The van der Waals surface area contributed by atoms with Gasteiger partial charge in [0.1, 0.15) is 0 Å². The molecule has 0 spiro atoms. The number of benzene rings is 2. The fraction of sp³-hybridized carbons (Fsp3) is 0.414. The minimum Gasteiger partial charge on any atom is -0.342 e. The van der Waals surface area contributed by atoms with Crippen molar-refractivity contribution in [3.63, 3.8) is 0 Å². The Kier molecular flexibility index (Phi) is 6.36. The molecule has 1 aromatic heterocycles. The van der Waals surface area contributed by atoms with Crippen LogP contribution in [-0.2, 0) is 11.2 Å². The summed E-state index contributed by atoms with van der Waals surface area (Å²) < 4.78 is 0. The van der Waals surface area contributed by atoms with Crippen molar-refractivity contribution in [3.8, 4) is 0 Å². The van der Waals surface area contributed by atoms with E-state index in [1.807, 2.05) is 47.5 Å². The molecule has 2 aromatic carbocycles. The van der Waals surface area contributed by atoms with Gasteiger partial charge in [-0.1, -0.05) is 37.3 Å². The number of carbonyl (C=O) groups is 2. The maximum absolute atomic E-state index is 13.4. The first kappa shape index (κ1) is 22.6. The monoisotopic (exact) mass is 455 g/mol. The second-order valence-electron chi connectivity index (χ2n) is 10.2. The smallest absolute Gasteiger partial charge is 0.253 e. The Morgan fingerprint density at radius 2 is 1.65 bits per heavy atom. The summed E-state index contributed by atoms with van der Waals surface area (Å²) in [5.74, 6) is 0.950. The molecule has 2 aliphatic rings. The SMILES string of the molecule is CC1(C(=O)N2CCC(Cc3ccc4ncccc4c3)CC2)CCN(C(=O)c2ccccc2)CC1. The molecule has 3 heterocycles. The molecule has 0 saturated carbocycles. The lowest BCUT2D eigenvalue weighted by Crippen LogP contribution is -2.51. The molecule has 176 valence electrons. The summed E-state index contributed by atoms with van der Waals surface area (Å²) in [5, 5.41) is 1.19. The highest BCUT2D eigenvalue weighted by Crippen LogP contribution is 2.35. The number of fused-ring (bicyclic) bond motifs is 1. The maximum atomic E-state index is 13.4. The molecule has 2 amide bonds. The van der Waals surface area contributed by atoms with E-state index in [0.717, 1.165) is 56.3 Å². The third-order valence-electron chi connectivity index (χ3n) is 7.78. The number of likely N-dealkylation sites (tertiary alicyclic amines) is 2. The molecule has 0 aliphatic carbocycles. The fourth-order valence-electron chi connectivity index (χ4n) is 5.49. The molecular formula is C29H33N3O2. The van der Waals surface area contributed by atoms with E-state index in [2.05, 4.69) is 41.1 Å². The fourth-order valence-corrected chi connectivity index (χ4v) is 5.49. The van der Waals surface area contributed by atoms with Gasteiger partial charge < -0.3 is 9.80 Å². The Balaban J connectivity index is 1.13. The Labute approximate surface area is 201 Å². The molecule has 0 N–H and O–H groups in total. The van der Waals surface area contributed by atoms with Crippen molar-refractivity contribution in [2.24, 2.45) is 11.3 Å². The van der Waals surface area contributed by atoms with Gasteiger partial charge in [-0.2, -0.15) is 0 Å². The van der Waals surface area contributed by atoms with Crippen LogP contribution < -0.4 is 0 Å². The molecule has 0 atom stereocenters. The average molecular weight is 456 g/mol. The highest BCUT2D eigenvalue weighted by Gasteiger charge is 2.41. The van der Waals surface area contributed by atoms with E-state index in [9.17, 15) is 9.59 Å². The Morgan fingerprint density at radius 1 is 0.912 bits per heavy atom. The van der Waals surface area contributed by atoms with Gasteiger partial charge >= 0.3 is 0 Å². The van der Waals surface area contributed by atoms with Crippen molar-refractivity contribution >= 4 is 22.7 Å². The number of nitrogens with zero attached hydrogens (tertiary/aromatic N) is 3. The third kappa shape index (κ3) is 4.70. The second-order valence-corrected chi connectivity index (χ2v) is 10.2. The van der Waals surface area contributed by atoms with Crippen LogP contribution in [0.5, 0.6) is 0 Å². The molecule has 0 radical (unpaired) electrons. The Hall–Kier alpha value is -3.21. The van der Waals surface area contributed by atoms with Crippen LogP contribution >= 0.6 is 0 Å². The van der Waals surface area contributed by atoms with E-state index >= 15 is 0 Å². The minimum absolute atomic E-state index is 0.0698. The lowest BCUT2D eigenvalue weighted by atomic mass is 9.78. The van der Waals surface area contributed by atoms with Gasteiger partial charge in [-0.15, -0.1) is 0 Å². The predicted octanol–water partition coefficient (Wildman–Crippen LogP) is 4.96. The molecule has 2 saturated heterocycles. The quantitative estimate of drug-likeness (QED) is 0.559. The van der Waals surface area contributed by atoms with Gasteiger partial charge in [0, 0.05) is 48.7 Å². The number of rotatable bonds is 4. The molecule has 5 heteroatoms. The van der Waals surface area contributed by atoms with Crippen molar-refractivity contribution in [3.05, 3.63) is 78.0 Å². The third-order valence-corrected chi connectivity index (χ3v) is 7.78. The number of pyridine rings is 1. The molecule has 5 rings (SSSR count). The molecule has 3 aromatic rings. The van der Waals surface area contributed by atoms with E-state index < -0.39 is 0 Å². The normalized spacial score (nSPS) is 18.7. The summed E-state index contributed by atoms with van der Waals surface area (Å²) in [6, 6.07) is 20.1. The first-order chi connectivity index (χ1) is 16.5. The van der Waals surface area contributed by atoms with Crippen LogP contribution in [0.15, 0.2) is 66.9 Å². The molecule has 2 aliphatic heterocycles. The predicted molar refractivity (Wildman–Crippen MR) is 134 cm³/mol. The minimum atomic E-state index is -0.369. The molecular weight excluding hydrogens is 422 g/mol. The molecule has 34 heavy (non-hydrogen) atoms. The maximum Gasteiger partial charge on any atom is 0.253 e. The Morgan fingerprint density at radius 3 is 2.38 bits per heavy atom. The second kappa shape index (κ2) is 9.57. The number of piperidine rings is 2. The molecule has 0 unspecified atom stereocenters. The van der Waals surface area contributed by atoms with Crippen LogP contribution in [0.4, 0.5) is 0 Å². The van der Waals surface area contributed by atoms with Crippen molar-refractivity contribution in [2.75, 3.05) is 26.2 Å². The highest BCUT2D eigenvalue weighted by molar-refractivity contribution is 5.94. The lowest BCUT2D eigenvalue weighted by Gasteiger charge is -2.43. The van der Waals surface area contributed by atoms with Gasteiger partial charge in [0.05, 0.1) is 5.52 Å². The molecule has 0 bridgehead atoms. The van der Waals surface area contributed by atoms with Crippen LogP contribution in [0.25, 0.3) is 10.9 Å². The van der Waals surface area contributed by atoms with Crippen LogP contribution in [-0.4, -0.2) is 52.8 Å². The summed E-state index contributed by atoms with van der Waals surface area (Å²) in [4.78, 5) is 34.6.